The van der Waals surface area contributed by atoms with Gasteiger partial charge in [-0.15, -0.1) is 0 Å². The molecule has 3 nitrogen and oxygen atoms in total. The molecule has 1 fully saturated rings. The molecule has 17 heavy (non-hydrogen) atoms. The summed E-state index contributed by atoms with van der Waals surface area (Å²) in [6.07, 6.45) is 3.18. The number of hydrogen-bond donors (Lipinski definition) is 1. The highest BCUT2D eigenvalue weighted by Crippen LogP contribution is 2.23. The third kappa shape index (κ3) is 2.13. The molecular weight excluding hydrogens is 214 g/mol. The predicted octanol–water partition coefficient (Wildman–Crippen LogP) is 1.35. The molecule has 3 heteroatoms. The first-order valence-corrected chi connectivity index (χ1v) is 6.33. The Labute approximate surface area is 101 Å². The molecule has 0 amide bonds. The van der Waals surface area contributed by atoms with Gasteiger partial charge in [-0.2, -0.15) is 0 Å². The van der Waals surface area contributed by atoms with Gasteiger partial charge in [0.05, 0.1) is 6.61 Å². The van der Waals surface area contributed by atoms with E-state index >= 15 is 0 Å². The zero-order chi connectivity index (χ0) is 11.7. The summed E-state index contributed by atoms with van der Waals surface area (Å²) in [5.74, 6) is 0.118. The van der Waals surface area contributed by atoms with E-state index in [4.69, 9.17) is 4.74 Å². The van der Waals surface area contributed by atoms with Gasteiger partial charge in [0, 0.05) is 18.7 Å². The van der Waals surface area contributed by atoms with Crippen LogP contribution in [0.25, 0.3) is 0 Å². The van der Waals surface area contributed by atoms with Crippen molar-refractivity contribution in [1.82, 2.24) is 5.32 Å². The molecule has 1 aromatic carbocycles. The topological polar surface area (TPSA) is 38.3 Å². The van der Waals surface area contributed by atoms with Crippen molar-refractivity contribution in [2.24, 2.45) is 0 Å². The van der Waals surface area contributed by atoms with Crippen LogP contribution in [0.4, 0.5) is 0 Å². The molecule has 0 bridgehead atoms. The van der Waals surface area contributed by atoms with E-state index in [-0.39, 0.29) is 11.9 Å². The first kappa shape index (κ1) is 10.9. The summed E-state index contributed by atoms with van der Waals surface area (Å²) in [7, 11) is 0. The van der Waals surface area contributed by atoms with Crippen LogP contribution in [0, 0.1) is 0 Å². The second kappa shape index (κ2) is 4.59. The summed E-state index contributed by atoms with van der Waals surface area (Å²) < 4.78 is 5.50. The third-order valence-corrected chi connectivity index (χ3v) is 3.60. The maximum atomic E-state index is 12.2. The van der Waals surface area contributed by atoms with Crippen molar-refractivity contribution in [2.45, 2.75) is 25.4 Å². The molecule has 1 aromatic rings. The molecule has 1 N–H and O–H groups in total. The molecule has 1 atom stereocenters. The van der Waals surface area contributed by atoms with Crippen molar-refractivity contribution in [3.63, 3.8) is 0 Å². The van der Waals surface area contributed by atoms with Crippen LogP contribution in [0.1, 0.15) is 27.9 Å². The van der Waals surface area contributed by atoms with Crippen LogP contribution < -0.4 is 5.32 Å². The number of ether oxygens (including phenoxy) is 1. The number of hydrogen-bond acceptors (Lipinski definition) is 3. The van der Waals surface area contributed by atoms with Crippen LogP contribution in [0.3, 0.4) is 0 Å². The molecule has 1 unspecified atom stereocenters. The molecule has 0 saturated carbocycles. The van der Waals surface area contributed by atoms with Gasteiger partial charge in [0.25, 0.3) is 0 Å². The number of rotatable bonds is 2. The van der Waals surface area contributed by atoms with E-state index in [1.807, 2.05) is 6.07 Å². The maximum absolute atomic E-state index is 12.2. The van der Waals surface area contributed by atoms with Crippen LogP contribution in [0.15, 0.2) is 18.2 Å². The van der Waals surface area contributed by atoms with Crippen LogP contribution in [0.2, 0.25) is 0 Å². The summed E-state index contributed by atoms with van der Waals surface area (Å²) in [4.78, 5) is 12.2. The summed E-state index contributed by atoms with van der Waals surface area (Å²) in [5.41, 5.74) is 3.56. The average molecular weight is 231 g/mol. The van der Waals surface area contributed by atoms with E-state index < -0.39 is 0 Å². The number of carbonyl (C=O) groups is 1. The third-order valence-electron chi connectivity index (χ3n) is 3.60. The van der Waals surface area contributed by atoms with Gasteiger partial charge in [-0.1, -0.05) is 12.1 Å². The highest BCUT2D eigenvalue weighted by Gasteiger charge is 2.24. The Morgan fingerprint density at radius 2 is 2.18 bits per heavy atom. The van der Waals surface area contributed by atoms with Gasteiger partial charge in [0.2, 0.25) is 0 Å². The molecule has 0 spiro atoms. The number of benzene rings is 1. The lowest BCUT2D eigenvalue weighted by molar-refractivity contribution is 0.0269. The van der Waals surface area contributed by atoms with Crippen LogP contribution in [-0.2, 0) is 17.6 Å². The Kier molecular flexibility index (Phi) is 2.95. The van der Waals surface area contributed by atoms with Crippen molar-refractivity contribution in [3.05, 3.63) is 34.9 Å². The summed E-state index contributed by atoms with van der Waals surface area (Å²) >= 11 is 0. The van der Waals surface area contributed by atoms with E-state index in [9.17, 15) is 4.79 Å². The van der Waals surface area contributed by atoms with Crippen LogP contribution >= 0.6 is 0 Å². The van der Waals surface area contributed by atoms with Gasteiger partial charge in [-0.05, 0) is 36.5 Å². The average Bonchev–Trinajstić information content (AvgIpc) is 2.86. The molecular formula is C14H17NO2. The fourth-order valence-electron chi connectivity index (χ4n) is 2.64. The Bertz CT molecular complexity index is 436. The lowest BCUT2D eigenvalue weighted by atomic mass is 10.0. The molecule has 90 valence electrons. The Hall–Kier alpha value is -1.19. The van der Waals surface area contributed by atoms with Gasteiger partial charge < -0.3 is 10.1 Å². The molecule has 1 heterocycles. The first-order chi connectivity index (χ1) is 8.34. The standard InChI is InChI=1S/C14H17NO2/c16-14(13-9-15-6-7-17-13)12-5-4-10-2-1-3-11(10)8-12/h4-5,8,13,15H,1-3,6-7,9H2. The number of morpholine rings is 1. The van der Waals surface area contributed by atoms with Crippen molar-refractivity contribution in [3.8, 4) is 0 Å². The number of Topliss-reactive ketones (excluding diaryl/α,β-unsaturated/α-hetero) is 1. The van der Waals surface area contributed by atoms with Crippen LogP contribution in [0.5, 0.6) is 0 Å². The van der Waals surface area contributed by atoms with Gasteiger partial charge in [-0.3, -0.25) is 4.79 Å². The molecule has 0 radical (unpaired) electrons. The summed E-state index contributed by atoms with van der Waals surface area (Å²) in [5, 5.41) is 3.19. The highest BCUT2D eigenvalue weighted by molar-refractivity contribution is 6.00. The van der Waals surface area contributed by atoms with Crippen molar-refractivity contribution in [2.75, 3.05) is 19.7 Å². The van der Waals surface area contributed by atoms with E-state index in [0.717, 1.165) is 24.9 Å². The second-order valence-corrected chi connectivity index (χ2v) is 4.76. The number of ketones is 1. The molecule has 1 aliphatic heterocycles. The minimum atomic E-state index is -0.303. The first-order valence-electron chi connectivity index (χ1n) is 6.33. The normalized spacial score (nSPS) is 23.4. The lowest BCUT2D eigenvalue weighted by Gasteiger charge is -2.22. The zero-order valence-electron chi connectivity index (χ0n) is 9.87. The minimum absolute atomic E-state index is 0.118. The lowest BCUT2D eigenvalue weighted by Crippen LogP contribution is -2.43. The predicted molar refractivity (Wildman–Crippen MR) is 65.4 cm³/mol. The number of carbonyl (C=O) groups excluding carboxylic acids is 1. The summed E-state index contributed by atoms with van der Waals surface area (Å²) in [6, 6.07) is 6.11. The highest BCUT2D eigenvalue weighted by atomic mass is 16.5. The van der Waals surface area contributed by atoms with Crippen molar-refractivity contribution >= 4 is 5.78 Å². The Morgan fingerprint density at radius 1 is 1.29 bits per heavy atom. The molecule has 3 rings (SSSR count). The number of aryl methyl sites for hydroxylation is 2. The molecule has 1 aliphatic carbocycles. The van der Waals surface area contributed by atoms with Crippen molar-refractivity contribution < 1.29 is 9.53 Å². The minimum Gasteiger partial charge on any atom is -0.367 e. The SMILES string of the molecule is O=C(c1ccc2c(c1)CCC2)C1CNCCO1. The van der Waals surface area contributed by atoms with E-state index in [2.05, 4.69) is 17.4 Å². The summed E-state index contributed by atoms with van der Waals surface area (Å²) in [6.45, 7) is 2.10. The fourth-order valence-corrected chi connectivity index (χ4v) is 2.64. The smallest absolute Gasteiger partial charge is 0.192 e. The fraction of sp³-hybridized carbons (Fsp3) is 0.500. The second-order valence-electron chi connectivity index (χ2n) is 4.76. The van der Waals surface area contributed by atoms with E-state index in [0.29, 0.717) is 13.2 Å². The van der Waals surface area contributed by atoms with Gasteiger partial charge in [-0.25, -0.2) is 0 Å². The van der Waals surface area contributed by atoms with Crippen molar-refractivity contribution in [1.29, 1.82) is 0 Å². The molecule has 1 saturated heterocycles. The monoisotopic (exact) mass is 231 g/mol. The number of nitrogens with one attached hydrogen (secondary N) is 1. The largest absolute Gasteiger partial charge is 0.367 e. The van der Waals surface area contributed by atoms with Gasteiger partial charge in [0.15, 0.2) is 5.78 Å². The number of fused-ring (bicyclic) bond motifs is 1. The molecule has 2 aliphatic rings. The van der Waals surface area contributed by atoms with E-state index in [1.54, 1.807) is 0 Å². The van der Waals surface area contributed by atoms with E-state index in [1.165, 1.54) is 17.5 Å². The Morgan fingerprint density at radius 3 is 3.00 bits per heavy atom. The van der Waals surface area contributed by atoms with Gasteiger partial charge in [0.1, 0.15) is 6.10 Å². The zero-order valence-corrected chi connectivity index (χ0v) is 9.87. The quantitative estimate of drug-likeness (QED) is 0.781. The Balaban J connectivity index is 1.81. The van der Waals surface area contributed by atoms with Crippen LogP contribution in [-0.4, -0.2) is 31.6 Å². The van der Waals surface area contributed by atoms with Gasteiger partial charge >= 0.3 is 0 Å². The molecule has 0 aromatic heterocycles. The maximum Gasteiger partial charge on any atom is 0.192 e.